The van der Waals surface area contributed by atoms with Crippen molar-refractivity contribution in [1.82, 2.24) is 19.3 Å². The van der Waals surface area contributed by atoms with E-state index in [0.29, 0.717) is 17.2 Å². The third-order valence-corrected chi connectivity index (χ3v) is 6.79. The topological polar surface area (TPSA) is 101 Å². The number of benzene rings is 1. The number of alkyl halides is 2. The molecule has 0 atom stereocenters. The number of nitriles is 1. The summed E-state index contributed by atoms with van der Waals surface area (Å²) >= 11 is 0. The van der Waals surface area contributed by atoms with Gasteiger partial charge >= 0.3 is 0 Å². The molecule has 0 bridgehead atoms. The lowest BCUT2D eigenvalue weighted by Crippen LogP contribution is -2.38. The molecule has 1 aromatic carbocycles. The van der Waals surface area contributed by atoms with Crippen LogP contribution >= 0.6 is 0 Å². The molecular weight excluding hydrogens is 424 g/mol. The molecule has 3 aromatic rings. The zero-order valence-electron chi connectivity index (χ0n) is 16.8. The summed E-state index contributed by atoms with van der Waals surface area (Å²) < 4.78 is 54.1. The van der Waals surface area contributed by atoms with E-state index in [2.05, 4.69) is 16.0 Å². The van der Waals surface area contributed by atoms with Crippen molar-refractivity contribution in [3.8, 4) is 17.6 Å². The molecule has 0 amide bonds. The van der Waals surface area contributed by atoms with Crippen molar-refractivity contribution in [3.05, 3.63) is 41.7 Å². The van der Waals surface area contributed by atoms with Gasteiger partial charge < -0.3 is 4.57 Å². The summed E-state index contributed by atoms with van der Waals surface area (Å²) in [6.45, 7) is 0.335. The summed E-state index contributed by atoms with van der Waals surface area (Å²) in [5.41, 5.74) is 2.89. The monoisotopic (exact) mass is 445 g/mol. The van der Waals surface area contributed by atoms with Crippen LogP contribution in [0.1, 0.15) is 24.0 Å². The molecule has 2 aromatic heterocycles. The Morgan fingerprint density at radius 2 is 1.94 bits per heavy atom. The first-order chi connectivity index (χ1) is 14.9. The minimum absolute atomic E-state index is 0.220. The number of fused-ring (bicyclic) bond motifs is 1. The zero-order valence-corrected chi connectivity index (χ0v) is 17.7. The Balaban J connectivity index is 1.79. The number of nitrogens with one attached hydrogen (secondary N) is 1. The Morgan fingerprint density at radius 1 is 1.26 bits per heavy atom. The zero-order chi connectivity index (χ0) is 22.2. The van der Waals surface area contributed by atoms with E-state index in [1.54, 1.807) is 0 Å². The molecular formula is C21H21F2N5O2S. The lowest BCUT2D eigenvalue weighted by atomic mass is 10.1. The van der Waals surface area contributed by atoms with Gasteiger partial charge in [0.05, 0.1) is 24.0 Å². The van der Waals surface area contributed by atoms with Gasteiger partial charge in [-0.1, -0.05) is 11.6 Å². The van der Waals surface area contributed by atoms with Gasteiger partial charge in [0, 0.05) is 17.4 Å². The van der Waals surface area contributed by atoms with Gasteiger partial charge in [-0.25, -0.2) is 31.9 Å². The van der Waals surface area contributed by atoms with Gasteiger partial charge in [-0.2, -0.15) is 5.26 Å². The van der Waals surface area contributed by atoms with Crippen LogP contribution in [0.15, 0.2) is 35.5 Å². The molecule has 4 rings (SSSR count). The molecule has 2 heterocycles. The van der Waals surface area contributed by atoms with Crippen LogP contribution in [0.2, 0.25) is 0 Å². The summed E-state index contributed by atoms with van der Waals surface area (Å²) in [6.07, 6.45) is 4.40. The first-order valence-corrected chi connectivity index (χ1v) is 11.4. The maximum atomic E-state index is 12.7. The van der Waals surface area contributed by atoms with Gasteiger partial charge in [0.15, 0.2) is 5.82 Å². The maximum Gasteiger partial charge on any atom is 0.244 e. The van der Waals surface area contributed by atoms with E-state index in [9.17, 15) is 22.5 Å². The largest absolute Gasteiger partial charge is 0.336 e. The summed E-state index contributed by atoms with van der Waals surface area (Å²) in [7, 11) is -4.17. The SMILES string of the molecule is Cc1ccc2c(c1)c(C#N)c(-c1ncc(S(=O)(=O)NC(CF)CF)cn1)n2CC1CC1. The number of hydrogen-bond donors (Lipinski definition) is 1. The lowest BCUT2D eigenvalue weighted by Gasteiger charge is -2.12. The van der Waals surface area contributed by atoms with Gasteiger partial charge in [0.2, 0.25) is 10.0 Å². The van der Waals surface area contributed by atoms with E-state index < -0.39 is 29.4 Å². The van der Waals surface area contributed by atoms with Crippen LogP contribution in [-0.2, 0) is 16.6 Å². The number of halogens is 2. The highest BCUT2D eigenvalue weighted by atomic mass is 32.2. The molecule has 162 valence electrons. The van der Waals surface area contributed by atoms with E-state index in [1.165, 1.54) is 0 Å². The molecule has 0 unspecified atom stereocenters. The third kappa shape index (κ3) is 4.16. The van der Waals surface area contributed by atoms with E-state index in [1.807, 2.05) is 34.4 Å². The molecule has 0 spiro atoms. The number of sulfonamides is 1. The highest BCUT2D eigenvalue weighted by Gasteiger charge is 2.28. The van der Waals surface area contributed by atoms with Crippen molar-refractivity contribution in [2.75, 3.05) is 13.3 Å². The highest BCUT2D eigenvalue weighted by Crippen LogP contribution is 2.37. The van der Waals surface area contributed by atoms with E-state index in [0.717, 1.165) is 48.2 Å². The molecule has 1 saturated carbocycles. The predicted octanol–water partition coefficient (Wildman–Crippen LogP) is 3.27. The average Bonchev–Trinajstić information content (AvgIpc) is 3.53. The molecule has 10 heteroatoms. The number of hydrogen-bond acceptors (Lipinski definition) is 5. The average molecular weight is 445 g/mol. The quantitative estimate of drug-likeness (QED) is 0.574. The standard InChI is InChI=1S/C21H21F2N5O2S/c1-13-2-5-19-17(6-13)18(9-24)20(28(19)12-14-3-4-14)21-25-10-16(11-26-21)31(29,30)27-15(7-22)8-23/h2,5-6,10-11,14-15,27H,3-4,7-8,12H2,1H3. The van der Waals surface area contributed by atoms with Crippen LogP contribution in [0.4, 0.5) is 8.78 Å². The number of aryl methyl sites for hydroxylation is 1. The first kappa shape index (κ1) is 21.3. The Morgan fingerprint density at radius 3 is 2.52 bits per heavy atom. The second-order valence-electron chi connectivity index (χ2n) is 7.78. The molecule has 0 radical (unpaired) electrons. The van der Waals surface area contributed by atoms with Crippen molar-refractivity contribution in [2.45, 2.75) is 37.2 Å². The maximum absolute atomic E-state index is 12.7. The van der Waals surface area contributed by atoms with Crippen molar-refractivity contribution in [2.24, 2.45) is 5.92 Å². The van der Waals surface area contributed by atoms with Crippen LogP contribution in [0, 0.1) is 24.2 Å². The summed E-state index contributed by atoms with van der Waals surface area (Å²) in [5, 5.41) is 10.7. The van der Waals surface area contributed by atoms with Gasteiger partial charge in [0.25, 0.3) is 0 Å². The van der Waals surface area contributed by atoms with Crippen molar-refractivity contribution < 1.29 is 17.2 Å². The summed E-state index contributed by atoms with van der Waals surface area (Å²) in [4.78, 5) is 8.09. The molecule has 1 aliphatic carbocycles. The van der Waals surface area contributed by atoms with Gasteiger partial charge in [-0.05, 0) is 37.8 Å². The highest BCUT2D eigenvalue weighted by molar-refractivity contribution is 7.89. The molecule has 0 saturated heterocycles. The molecule has 31 heavy (non-hydrogen) atoms. The minimum Gasteiger partial charge on any atom is -0.336 e. The van der Waals surface area contributed by atoms with Gasteiger partial charge in [0.1, 0.15) is 30.0 Å². The van der Waals surface area contributed by atoms with E-state index in [-0.39, 0.29) is 10.7 Å². The Bertz CT molecular complexity index is 1260. The smallest absolute Gasteiger partial charge is 0.244 e. The molecule has 1 N–H and O–H groups in total. The second-order valence-corrected chi connectivity index (χ2v) is 9.49. The van der Waals surface area contributed by atoms with Crippen LogP contribution < -0.4 is 4.72 Å². The van der Waals surface area contributed by atoms with Crippen molar-refractivity contribution >= 4 is 20.9 Å². The Hall–Kier alpha value is -2.90. The lowest BCUT2D eigenvalue weighted by molar-refractivity contribution is 0.334. The van der Waals surface area contributed by atoms with Gasteiger partial charge in [-0.15, -0.1) is 0 Å². The Labute approximate surface area is 178 Å². The van der Waals surface area contributed by atoms with Crippen molar-refractivity contribution in [3.63, 3.8) is 0 Å². The molecule has 1 aliphatic rings. The number of aromatic nitrogens is 3. The second kappa shape index (κ2) is 8.32. The van der Waals surface area contributed by atoms with E-state index >= 15 is 0 Å². The molecule has 7 nitrogen and oxygen atoms in total. The summed E-state index contributed by atoms with van der Waals surface area (Å²) in [5.74, 6) is 0.738. The fourth-order valence-electron chi connectivity index (χ4n) is 3.53. The van der Waals surface area contributed by atoms with Gasteiger partial charge in [-0.3, -0.25) is 0 Å². The van der Waals surface area contributed by atoms with Crippen molar-refractivity contribution in [1.29, 1.82) is 5.26 Å². The minimum atomic E-state index is -4.17. The van der Waals surface area contributed by atoms with E-state index in [4.69, 9.17) is 0 Å². The third-order valence-electron chi connectivity index (χ3n) is 5.31. The molecule has 0 aliphatic heterocycles. The van der Waals surface area contributed by atoms with Crippen LogP contribution in [0.3, 0.4) is 0 Å². The Kier molecular flexibility index (Phi) is 5.73. The predicted molar refractivity (Wildman–Crippen MR) is 111 cm³/mol. The normalized spacial score (nSPS) is 14.3. The number of rotatable bonds is 8. The summed E-state index contributed by atoms with van der Waals surface area (Å²) in [6, 6.07) is 6.68. The van der Waals surface area contributed by atoms with Crippen LogP contribution in [-0.4, -0.2) is 42.3 Å². The number of nitrogens with zero attached hydrogens (tertiary/aromatic N) is 4. The fourth-order valence-corrected chi connectivity index (χ4v) is 4.62. The van der Waals surface area contributed by atoms with Crippen LogP contribution in [0.25, 0.3) is 22.4 Å². The first-order valence-electron chi connectivity index (χ1n) is 9.87. The fraction of sp³-hybridized carbons (Fsp3) is 0.381. The van der Waals surface area contributed by atoms with Crippen LogP contribution in [0.5, 0.6) is 0 Å². The molecule has 1 fully saturated rings.